The van der Waals surface area contributed by atoms with Gasteiger partial charge in [0.25, 0.3) is 5.91 Å². The van der Waals surface area contributed by atoms with Crippen molar-refractivity contribution in [2.24, 2.45) is 0 Å². The molecule has 41 heavy (non-hydrogen) atoms. The Morgan fingerprint density at radius 2 is 1.85 bits per heavy atom. The van der Waals surface area contributed by atoms with Gasteiger partial charge in [-0.1, -0.05) is 18.6 Å². The smallest absolute Gasteiger partial charge is 0.339 e. The molecule has 2 fully saturated rings. The Hall–Kier alpha value is -4.08. The minimum Gasteiger partial charge on any atom is -0.465 e. The summed E-state index contributed by atoms with van der Waals surface area (Å²) in [5.74, 6) is 0.904. The number of nitrogens with zero attached hydrogens (tertiary/aromatic N) is 5. The zero-order chi connectivity index (χ0) is 29.3. The van der Waals surface area contributed by atoms with Crippen molar-refractivity contribution >= 4 is 23.5 Å². The second kappa shape index (κ2) is 11.4. The summed E-state index contributed by atoms with van der Waals surface area (Å²) in [6.07, 6.45) is 4.72. The van der Waals surface area contributed by atoms with Crippen molar-refractivity contribution < 1.29 is 18.7 Å². The molecular weight excluding hydrogens is 523 g/mol. The first kappa shape index (κ1) is 28.4. The topological polar surface area (TPSA) is 101 Å². The van der Waals surface area contributed by atoms with E-state index < -0.39 is 11.5 Å². The molecule has 1 aliphatic carbocycles. The maximum Gasteiger partial charge on any atom is 0.339 e. The third-order valence-corrected chi connectivity index (χ3v) is 8.13. The first-order valence-electron chi connectivity index (χ1n) is 14.1. The number of rotatable bonds is 7. The summed E-state index contributed by atoms with van der Waals surface area (Å²) in [5, 5.41) is 3.34. The van der Waals surface area contributed by atoms with Gasteiger partial charge < -0.3 is 19.9 Å². The number of benzene rings is 1. The molecule has 1 saturated carbocycles. The molecule has 1 aliphatic heterocycles. The molecular formula is C31H37FN6O3. The summed E-state index contributed by atoms with van der Waals surface area (Å²) in [6.45, 7) is 9.92. The first-order valence-corrected chi connectivity index (χ1v) is 14.1. The molecule has 0 bridgehead atoms. The van der Waals surface area contributed by atoms with Crippen molar-refractivity contribution in [3.8, 4) is 0 Å². The average Bonchev–Trinajstić information content (AvgIpc) is 2.90. The minimum atomic E-state index is -0.502. The van der Waals surface area contributed by atoms with E-state index in [1.165, 1.54) is 19.2 Å². The first-order chi connectivity index (χ1) is 19.6. The van der Waals surface area contributed by atoms with Crippen LogP contribution in [0.2, 0.25) is 0 Å². The van der Waals surface area contributed by atoms with Gasteiger partial charge in [-0.05, 0) is 69.9 Å². The Bertz CT molecular complexity index is 1430. The maximum atomic E-state index is 13.8. The van der Waals surface area contributed by atoms with Gasteiger partial charge in [0.05, 0.1) is 35.8 Å². The van der Waals surface area contributed by atoms with Crippen LogP contribution in [0, 0.1) is 19.7 Å². The van der Waals surface area contributed by atoms with Gasteiger partial charge in [0, 0.05) is 32.1 Å². The molecule has 2 aromatic heterocycles. The fourth-order valence-corrected chi connectivity index (χ4v) is 5.65. The Balaban J connectivity index is 1.33. The molecule has 1 aromatic carbocycles. The molecule has 9 nitrogen and oxygen atoms in total. The molecule has 1 amide bonds. The highest BCUT2D eigenvalue weighted by Crippen LogP contribution is 2.38. The van der Waals surface area contributed by atoms with Crippen LogP contribution >= 0.6 is 0 Å². The number of nitrogens with one attached hydrogen (secondary N) is 1. The molecule has 216 valence electrons. The highest BCUT2D eigenvalue weighted by molar-refractivity contribution is 5.93. The number of carbonyl (C=O) groups excluding carboxylic acids is 2. The number of aryl methyl sites for hydroxylation is 2. The summed E-state index contributed by atoms with van der Waals surface area (Å²) in [4.78, 5) is 44.2. The zero-order valence-corrected chi connectivity index (χ0v) is 24.3. The second-order valence-corrected chi connectivity index (χ2v) is 11.5. The van der Waals surface area contributed by atoms with Crippen LogP contribution in [0.3, 0.4) is 0 Å². The molecule has 3 heterocycles. The van der Waals surface area contributed by atoms with E-state index in [-0.39, 0.29) is 17.6 Å². The number of hydrogen-bond donors (Lipinski definition) is 1. The predicted molar refractivity (Wildman–Crippen MR) is 155 cm³/mol. The van der Waals surface area contributed by atoms with Crippen molar-refractivity contribution in [3.05, 3.63) is 76.1 Å². The number of carbonyl (C=O) groups is 2. The highest BCUT2D eigenvalue weighted by Gasteiger charge is 2.39. The van der Waals surface area contributed by atoms with Gasteiger partial charge >= 0.3 is 5.97 Å². The van der Waals surface area contributed by atoms with Crippen molar-refractivity contribution in [1.29, 1.82) is 0 Å². The van der Waals surface area contributed by atoms with Crippen molar-refractivity contribution in [3.63, 3.8) is 0 Å². The van der Waals surface area contributed by atoms with E-state index in [0.29, 0.717) is 48.9 Å². The summed E-state index contributed by atoms with van der Waals surface area (Å²) < 4.78 is 18.2. The molecule has 5 rings (SSSR count). The van der Waals surface area contributed by atoms with Crippen LogP contribution in [-0.4, -0.2) is 64.0 Å². The quantitative estimate of drug-likeness (QED) is 0.402. The van der Waals surface area contributed by atoms with Gasteiger partial charge in [-0.25, -0.2) is 24.1 Å². The number of halogens is 1. The molecule has 3 aromatic rings. The number of piperazine rings is 1. The van der Waals surface area contributed by atoms with Crippen molar-refractivity contribution in [2.75, 3.05) is 37.0 Å². The van der Waals surface area contributed by atoms with Crippen molar-refractivity contribution in [2.45, 2.75) is 65.0 Å². The number of anilines is 2. The normalized spacial score (nSPS) is 16.7. The lowest BCUT2D eigenvalue weighted by Gasteiger charge is -2.47. The number of amides is 1. The van der Waals surface area contributed by atoms with Gasteiger partial charge in [-0.3, -0.25) is 4.79 Å². The van der Waals surface area contributed by atoms with E-state index in [1.54, 1.807) is 18.3 Å². The summed E-state index contributed by atoms with van der Waals surface area (Å²) in [7, 11) is 1.37. The van der Waals surface area contributed by atoms with Gasteiger partial charge in [0.15, 0.2) is 0 Å². The second-order valence-electron chi connectivity index (χ2n) is 11.5. The van der Waals surface area contributed by atoms with Gasteiger partial charge in [0.1, 0.15) is 23.1 Å². The number of aromatic nitrogens is 3. The van der Waals surface area contributed by atoms with E-state index in [4.69, 9.17) is 14.7 Å². The third-order valence-electron chi connectivity index (χ3n) is 8.13. The van der Waals surface area contributed by atoms with E-state index in [0.717, 1.165) is 41.9 Å². The molecule has 2 aliphatic rings. The Morgan fingerprint density at radius 3 is 2.46 bits per heavy atom. The van der Waals surface area contributed by atoms with E-state index in [2.05, 4.69) is 15.2 Å². The van der Waals surface area contributed by atoms with Crippen LogP contribution in [0.5, 0.6) is 0 Å². The standard InChI is InChI=1S/C31H37FN6O3/c1-19-15-25(35-20(2)26(19)30(40)41-5)37-13-14-38(31(3,4)18-37)29(39)24-17-34-28(27(36-24)22-7-6-8-22)33-16-21-9-11-23(32)12-10-21/h9-12,15,17,22H,6-8,13-14,16,18H2,1-5H3,(H,33,34). The van der Waals surface area contributed by atoms with E-state index in [1.807, 2.05) is 38.7 Å². The summed E-state index contributed by atoms with van der Waals surface area (Å²) >= 11 is 0. The average molecular weight is 561 g/mol. The lowest BCUT2D eigenvalue weighted by atomic mass is 9.82. The summed E-state index contributed by atoms with van der Waals surface area (Å²) in [5.41, 5.74) is 3.51. The number of methoxy groups -OCH3 is 1. The van der Waals surface area contributed by atoms with Crippen LogP contribution in [0.1, 0.15) is 82.4 Å². The highest BCUT2D eigenvalue weighted by atomic mass is 19.1. The summed E-state index contributed by atoms with van der Waals surface area (Å²) in [6, 6.07) is 8.26. The Morgan fingerprint density at radius 1 is 1.12 bits per heavy atom. The number of hydrogen-bond acceptors (Lipinski definition) is 8. The third kappa shape index (κ3) is 5.87. The molecule has 10 heteroatoms. The van der Waals surface area contributed by atoms with Crippen LogP contribution in [0.15, 0.2) is 36.5 Å². The molecule has 0 unspecified atom stereocenters. The van der Waals surface area contributed by atoms with Crippen LogP contribution in [0.25, 0.3) is 0 Å². The lowest BCUT2D eigenvalue weighted by molar-refractivity contribution is 0.0505. The molecule has 0 spiro atoms. The van der Waals surface area contributed by atoms with Crippen LogP contribution in [0.4, 0.5) is 16.0 Å². The van der Waals surface area contributed by atoms with Gasteiger partial charge in [-0.15, -0.1) is 0 Å². The molecule has 1 saturated heterocycles. The fourth-order valence-electron chi connectivity index (χ4n) is 5.65. The van der Waals surface area contributed by atoms with Crippen LogP contribution in [-0.2, 0) is 11.3 Å². The van der Waals surface area contributed by atoms with E-state index >= 15 is 0 Å². The Labute approximate surface area is 240 Å². The lowest BCUT2D eigenvalue weighted by Crippen LogP contribution is -2.61. The SMILES string of the molecule is COC(=O)c1c(C)cc(N2CCN(C(=O)c3cnc(NCc4ccc(F)cc4)c(C4CCC4)n3)C(C)(C)C2)nc1C. The molecule has 1 N–H and O–H groups in total. The van der Waals surface area contributed by atoms with Crippen LogP contribution < -0.4 is 10.2 Å². The molecule has 0 atom stereocenters. The van der Waals surface area contributed by atoms with Gasteiger partial charge in [0.2, 0.25) is 0 Å². The maximum absolute atomic E-state index is 13.8. The predicted octanol–water partition coefficient (Wildman–Crippen LogP) is 5.03. The minimum absolute atomic E-state index is 0.144. The van der Waals surface area contributed by atoms with E-state index in [9.17, 15) is 14.0 Å². The van der Waals surface area contributed by atoms with Crippen molar-refractivity contribution in [1.82, 2.24) is 19.9 Å². The number of pyridine rings is 1. The zero-order valence-electron chi connectivity index (χ0n) is 24.3. The monoisotopic (exact) mass is 560 g/mol. The van der Waals surface area contributed by atoms with Gasteiger partial charge in [-0.2, -0.15) is 0 Å². The fraction of sp³-hybridized carbons (Fsp3) is 0.452. The molecule has 0 radical (unpaired) electrons. The number of ether oxygens (including phenoxy) is 1. The largest absolute Gasteiger partial charge is 0.465 e. The Kier molecular flexibility index (Phi) is 7.93. The number of esters is 1.